The van der Waals surface area contributed by atoms with Crippen molar-refractivity contribution in [3.8, 4) is 5.75 Å². The Morgan fingerprint density at radius 3 is 2.26 bits per heavy atom. The fourth-order valence-corrected chi connectivity index (χ4v) is 1.50. The van der Waals surface area contributed by atoms with Gasteiger partial charge in [-0.15, -0.1) is 0 Å². The van der Waals surface area contributed by atoms with Gasteiger partial charge in [0.05, 0.1) is 6.61 Å². The van der Waals surface area contributed by atoms with E-state index in [9.17, 15) is 0 Å². The molecule has 0 saturated carbocycles. The highest BCUT2D eigenvalue weighted by Crippen LogP contribution is 2.13. The Hall–Kier alpha value is -2.04. The summed E-state index contributed by atoms with van der Waals surface area (Å²) >= 11 is 0. The zero-order valence-corrected chi connectivity index (χ0v) is 11.8. The van der Waals surface area contributed by atoms with Crippen molar-refractivity contribution in [2.75, 3.05) is 20.3 Å². The van der Waals surface area contributed by atoms with E-state index in [1.54, 1.807) is 0 Å². The summed E-state index contributed by atoms with van der Waals surface area (Å²) in [6.07, 6.45) is 0. The predicted molar refractivity (Wildman–Crippen MR) is 75.9 cm³/mol. The second-order valence-electron chi connectivity index (χ2n) is 3.67. The van der Waals surface area contributed by atoms with Gasteiger partial charge in [0.25, 0.3) is 0 Å². The topological polar surface area (TPSA) is 52.4 Å². The van der Waals surface area contributed by atoms with Gasteiger partial charge < -0.3 is 14.4 Å². The van der Waals surface area contributed by atoms with Crippen LogP contribution in [-0.4, -0.2) is 31.7 Å². The van der Waals surface area contributed by atoms with Gasteiger partial charge >= 0.3 is 0 Å². The van der Waals surface area contributed by atoms with Gasteiger partial charge in [-0.2, -0.15) is 0 Å². The maximum absolute atomic E-state index is 5.40. The van der Waals surface area contributed by atoms with Gasteiger partial charge in [-0.25, -0.2) is 0 Å². The summed E-state index contributed by atoms with van der Waals surface area (Å²) in [4.78, 5) is 9.89. The van der Waals surface area contributed by atoms with E-state index in [2.05, 4.69) is 10.3 Å². The van der Waals surface area contributed by atoms with Gasteiger partial charge in [-0.3, -0.25) is 0 Å². The van der Waals surface area contributed by atoms with Crippen molar-refractivity contribution in [3.63, 3.8) is 0 Å². The molecule has 0 unspecified atom stereocenters. The average molecular weight is 264 g/mol. The molecule has 0 aliphatic carbocycles. The molecule has 0 aromatic heterocycles. The van der Waals surface area contributed by atoms with Crippen molar-refractivity contribution >= 4 is 11.4 Å². The van der Waals surface area contributed by atoms with Crippen LogP contribution in [0, 0.1) is 0 Å². The molecule has 0 amide bonds. The quantitative estimate of drug-likeness (QED) is 0.562. The molecule has 0 aliphatic heterocycles. The van der Waals surface area contributed by atoms with Crippen molar-refractivity contribution in [1.82, 2.24) is 0 Å². The number of nitrogens with zero attached hydrogens (tertiary/aromatic N) is 2. The van der Waals surface area contributed by atoms with Crippen LogP contribution in [0.1, 0.15) is 26.3 Å². The Kier molecular flexibility index (Phi) is 6.43. The molecule has 5 heteroatoms. The molecule has 0 N–H and O–H groups in total. The number of oxime groups is 2. The van der Waals surface area contributed by atoms with Gasteiger partial charge in [0.2, 0.25) is 0 Å². The number of hydrogen-bond donors (Lipinski definition) is 0. The van der Waals surface area contributed by atoms with E-state index >= 15 is 0 Å². The van der Waals surface area contributed by atoms with Crippen LogP contribution < -0.4 is 4.74 Å². The molecule has 0 atom stereocenters. The molecule has 0 saturated heterocycles. The van der Waals surface area contributed by atoms with Crippen LogP contribution in [0.2, 0.25) is 0 Å². The molecule has 19 heavy (non-hydrogen) atoms. The lowest BCUT2D eigenvalue weighted by Gasteiger charge is -2.07. The van der Waals surface area contributed by atoms with E-state index in [-0.39, 0.29) is 0 Å². The lowest BCUT2D eigenvalue weighted by molar-refractivity contribution is 0.159. The van der Waals surface area contributed by atoms with Crippen LogP contribution in [0.15, 0.2) is 34.6 Å². The normalized spacial score (nSPS) is 12.2. The predicted octanol–water partition coefficient (Wildman–Crippen LogP) is 2.85. The van der Waals surface area contributed by atoms with Crippen molar-refractivity contribution in [3.05, 3.63) is 29.8 Å². The van der Waals surface area contributed by atoms with Crippen molar-refractivity contribution in [2.45, 2.75) is 20.8 Å². The summed E-state index contributed by atoms with van der Waals surface area (Å²) in [5, 5.41) is 7.96. The summed E-state index contributed by atoms with van der Waals surface area (Å²) in [5.41, 5.74) is 2.19. The molecule has 0 radical (unpaired) electrons. The number of ether oxygens (including phenoxy) is 1. The van der Waals surface area contributed by atoms with Gasteiger partial charge in [-0.1, -0.05) is 10.3 Å². The second kappa shape index (κ2) is 8.13. The Morgan fingerprint density at radius 1 is 1.05 bits per heavy atom. The van der Waals surface area contributed by atoms with Crippen molar-refractivity contribution < 1.29 is 14.4 Å². The molecule has 0 bridgehead atoms. The zero-order valence-electron chi connectivity index (χ0n) is 11.8. The molecule has 1 aromatic carbocycles. The minimum Gasteiger partial charge on any atom is -0.494 e. The first kappa shape index (κ1) is 15.0. The lowest BCUT2D eigenvalue weighted by Crippen LogP contribution is -2.13. The Bertz CT molecular complexity index is 439. The fraction of sp³-hybridized carbons (Fsp3) is 0.429. The van der Waals surface area contributed by atoms with Crippen LogP contribution in [0.3, 0.4) is 0 Å². The molecule has 5 nitrogen and oxygen atoms in total. The van der Waals surface area contributed by atoms with Crippen molar-refractivity contribution in [2.24, 2.45) is 10.3 Å². The second-order valence-corrected chi connectivity index (χ2v) is 3.67. The molecular weight excluding hydrogens is 244 g/mol. The summed E-state index contributed by atoms with van der Waals surface area (Å²) in [6, 6.07) is 7.59. The van der Waals surface area contributed by atoms with Crippen LogP contribution in [0.25, 0.3) is 0 Å². The smallest absolute Gasteiger partial charge is 0.134 e. The van der Waals surface area contributed by atoms with Crippen LogP contribution in [-0.2, 0) is 9.68 Å². The molecule has 1 aromatic rings. The first-order valence-electron chi connectivity index (χ1n) is 6.24. The molecule has 0 heterocycles. The summed E-state index contributed by atoms with van der Waals surface area (Å²) in [6.45, 7) is 6.81. The molecule has 104 valence electrons. The highest BCUT2D eigenvalue weighted by Gasteiger charge is 2.09. The van der Waals surface area contributed by atoms with E-state index in [0.29, 0.717) is 24.6 Å². The zero-order chi connectivity index (χ0) is 14.1. The van der Waals surface area contributed by atoms with Crippen LogP contribution >= 0.6 is 0 Å². The maximum Gasteiger partial charge on any atom is 0.134 e. The fourth-order valence-electron chi connectivity index (χ4n) is 1.50. The maximum atomic E-state index is 5.40. The largest absolute Gasteiger partial charge is 0.494 e. The average Bonchev–Trinajstić information content (AvgIpc) is 2.43. The minimum atomic E-state index is 0.515. The number of hydrogen-bond acceptors (Lipinski definition) is 5. The minimum absolute atomic E-state index is 0.515. The van der Waals surface area contributed by atoms with E-state index in [4.69, 9.17) is 14.4 Å². The first-order chi connectivity index (χ1) is 9.22. The number of rotatable bonds is 7. The van der Waals surface area contributed by atoms with Crippen LogP contribution in [0.4, 0.5) is 0 Å². The summed E-state index contributed by atoms with van der Waals surface area (Å²) in [7, 11) is 1.50. The van der Waals surface area contributed by atoms with E-state index in [1.807, 2.05) is 45.0 Å². The van der Waals surface area contributed by atoms with E-state index in [1.165, 1.54) is 7.11 Å². The van der Waals surface area contributed by atoms with Crippen molar-refractivity contribution in [1.29, 1.82) is 0 Å². The Balaban J connectivity index is 2.96. The molecule has 1 rings (SSSR count). The third-order valence-corrected chi connectivity index (χ3v) is 2.29. The van der Waals surface area contributed by atoms with Gasteiger partial charge in [-0.05, 0) is 45.0 Å². The van der Waals surface area contributed by atoms with Gasteiger partial charge in [0, 0.05) is 5.56 Å². The van der Waals surface area contributed by atoms with Gasteiger partial charge in [0.1, 0.15) is 30.9 Å². The molecule has 0 aliphatic rings. The standard InChI is InChI=1S/C14H20N2O3/c1-5-18-13-9-7-12(8-10-13)14(16-17-4)11(3)15-19-6-2/h7-10H,5-6H2,1-4H3/b15-11+,16-14-. The first-order valence-corrected chi connectivity index (χ1v) is 6.24. The highest BCUT2D eigenvalue weighted by molar-refractivity contribution is 6.47. The van der Waals surface area contributed by atoms with E-state index < -0.39 is 0 Å². The van der Waals surface area contributed by atoms with Gasteiger partial charge in [0.15, 0.2) is 0 Å². The third kappa shape index (κ3) is 4.62. The SMILES string of the molecule is CCO/N=C(C)/C(=N/OC)c1ccc(OCC)cc1. The number of benzene rings is 1. The highest BCUT2D eigenvalue weighted by atomic mass is 16.6. The Labute approximate surface area is 113 Å². The summed E-state index contributed by atoms with van der Waals surface area (Å²) in [5.74, 6) is 0.822. The summed E-state index contributed by atoms with van der Waals surface area (Å²) < 4.78 is 5.40. The molecule has 0 spiro atoms. The lowest BCUT2D eigenvalue weighted by atomic mass is 10.1. The molecule has 0 fully saturated rings. The third-order valence-electron chi connectivity index (χ3n) is 2.29. The molecular formula is C14H20N2O3. The van der Waals surface area contributed by atoms with Crippen LogP contribution in [0.5, 0.6) is 5.75 Å². The van der Waals surface area contributed by atoms with E-state index in [0.717, 1.165) is 11.3 Å². The Morgan fingerprint density at radius 2 is 1.74 bits per heavy atom. The monoisotopic (exact) mass is 264 g/mol.